The molecule has 0 spiro atoms. The van der Waals surface area contributed by atoms with Crippen LogP contribution in [-0.2, 0) is 9.53 Å². The zero-order chi connectivity index (χ0) is 15.4. The van der Waals surface area contributed by atoms with E-state index in [-0.39, 0.29) is 5.82 Å². The molecule has 3 nitrogen and oxygen atoms in total. The van der Waals surface area contributed by atoms with E-state index in [0.29, 0.717) is 11.1 Å². The topological polar surface area (TPSA) is 38.3 Å². The summed E-state index contributed by atoms with van der Waals surface area (Å²) >= 11 is 3.36. The maximum absolute atomic E-state index is 13.4. The number of aryl methyl sites for hydroxylation is 1. The number of rotatable bonds is 4. The Bertz CT molecular complexity index is 643. The standard InChI is InChI=1S/C16H15BrFNO2/c1-10-9-11(3-8-14(10)18)15(16(20)21-2)19-13-6-4-12(17)5-7-13/h3-9,15,19H,1-2H3. The fourth-order valence-electron chi connectivity index (χ4n) is 1.96. The molecular formula is C16H15BrFNO2. The minimum absolute atomic E-state index is 0.300. The zero-order valence-corrected chi connectivity index (χ0v) is 13.3. The first-order chi connectivity index (χ1) is 10.0. The SMILES string of the molecule is COC(=O)C(Nc1ccc(Br)cc1)c1ccc(F)c(C)c1. The van der Waals surface area contributed by atoms with Crippen LogP contribution in [0, 0.1) is 12.7 Å². The van der Waals surface area contributed by atoms with E-state index in [4.69, 9.17) is 4.74 Å². The Morgan fingerprint density at radius 2 is 1.90 bits per heavy atom. The van der Waals surface area contributed by atoms with Gasteiger partial charge in [0.15, 0.2) is 6.04 Å². The van der Waals surface area contributed by atoms with E-state index in [9.17, 15) is 9.18 Å². The molecule has 0 fully saturated rings. The van der Waals surface area contributed by atoms with Gasteiger partial charge in [-0.15, -0.1) is 0 Å². The zero-order valence-electron chi connectivity index (χ0n) is 11.7. The first-order valence-corrected chi connectivity index (χ1v) is 7.16. The number of carbonyl (C=O) groups is 1. The third kappa shape index (κ3) is 3.82. The highest BCUT2D eigenvalue weighted by atomic mass is 79.9. The molecule has 2 aromatic carbocycles. The number of esters is 1. The first kappa shape index (κ1) is 15.5. The summed E-state index contributed by atoms with van der Waals surface area (Å²) in [6.45, 7) is 1.66. The van der Waals surface area contributed by atoms with E-state index in [0.717, 1.165) is 10.2 Å². The van der Waals surface area contributed by atoms with Crippen molar-refractivity contribution in [3.05, 3.63) is 63.9 Å². The summed E-state index contributed by atoms with van der Waals surface area (Å²) in [7, 11) is 1.33. The summed E-state index contributed by atoms with van der Waals surface area (Å²) in [4.78, 5) is 12.0. The second kappa shape index (κ2) is 6.72. The minimum atomic E-state index is -0.685. The second-order valence-electron chi connectivity index (χ2n) is 4.62. The number of halogens is 2. The average Bonchev–Trinajstić information content (AvgIpc) is 2.49. The molecule has 0 bridgehead atoms. The van der Waals surface area contributed by atoms with E-state index in [1.807, 2.05) is 24.3 Å². The molecule has 110 valence electrons. The van der Waals surface area contributed by atoms with E-state index in [1.165, 1.54) is 13.2 Å². The molecular weight excluding hydrogens is 337 g/mol. The fraction of sp³-hybridized carbons (Fsp3) is 0.188. The normalized spacial score (nSPS) is 11.8. The van der Waals surface area contributed by atoms with Crippen LogP contribution in [0.2, 0.25) is 0 Å². The Kier molecular flexibility index (Phi) is 4.96. The third-order valence-corrected chi connectivity index (χ3v) is 3.64. The number of hydrogen-bond donors (Lipinski definition) is 1. The minimum Gasteiger partial charge on any atom is -0.467 e. The number of ether oxygens (including phenoxy) is 1. The number of nitrogens with one attached hydrogen (secondary N) is 1. The molecule has 2 aromatic rings. The predicted octanol–water partition coefficient (Wildman–Crippen LogP) is 4.22. The lowest BCUT2D eigenvalue weighted by molar-refractivity contribution is -0.141. The molecule has 0 saturated carbocycles. The number of benzene rings is 2. The Balaban J connectivity index is 2.31. The Hall–Kier alpha value is -1.88. The van der Waals surface area contributed by atoms with Crippen molar-refractivity contribution in [3.63, 3.8) is 0 Å². The fourth-order valence-corrected chi connectivity index (χ4v) is 2.22. The lowest BCUT2D eigenvalue weighted by atomic mass is 10.0. The van der Waals surface area contributed by atoms with Crippen LogP contribution in [0.4, 0.5) is 10.1 Å². The molecule has 0 aliphatic carbocycles. The van der Waals surface area contributed by atoms with Crippen LogP contribution >= 0.6 is 15.9 Å². The van der Waals surface area contributed by atoms with Crippen molar-refractivity contribution in [1.29, 1.82) is 0 Å². The number of carbonyl (C=O) groups excluding carboxylic acids is 1. The van der Waals surface area contributed by atoms with Crippen LogP contribution in [0.25, 0.3) is 0 Å². The van der Waals surface area contributed by atoms with Crippen molar-refractivity contribution in [2.24, 2.45) is 0 Å². The van der Waals surface area contributed by atoms with Gasteiger partial charge in [0.2, 0.25) is 0 Å². The monoisotopic (exact) mass is 351 g/mol. The summed E-state index contributed by atoms with van der Waals surface area (Å²) in [5.74, 6) is -0.727. The molecule has 0 aliphatic rings. The lowest BCUT2D eigenvalue weighted by Gasteiger charge is -2.18. The van der Waals surface area contributed by atoms with Gasteiger partial charge in [0.05, 0.1) is 7.11 Å². The summed E-state index contributed by atoms with van der Waals surface area (Å²) in [5, 5.41) is 3.10. The highest BCUT2D eigenvalue weighted by molar-refractivity contribution is 9.10. The van der Waals surface area contributed by atoms with Crippen molar-refractivity contribution in [2.75, 3.05) is 12.4 Å². The van der Waals surface area contributed by atoms with Gasteiger partial charge >= 0.3 is 5.97 Å². The maximum Gasteiger partial charge on any atom is 0.332 e. The van der Waals surface area contributed by atoms with Crippen LogP contribution in [0.15, 0.2) is 46.9 Å². The molecule has 0 amide bonds. The number of hydrogen-bond acceptors (Lipinski definition) is 3. The van der Waals surface area contributed by atoms with Crippen LogP contribution in [-0.4, -0.2) is 13.1 Å². The molecule has 0 aromatic heterocycles. The van der Waals surface area contributed by atoms with E-state index < -0.39 is 12.0 Å². The Morgan fingerprint density at radius 1 is 1.24 bits per heavy atom. The summed E-state index contributed by atoms with van der Waals surface area (Å²) in [6, 6.07) is 11.3. The van der Waals surface area contributed by atoms with Crippen molar-refractivity contribution >= 4 is 27.6 Å². The Morgan fingerprint density at radius 3 is 2.48 bits per heavy atom. The largest absolute Gasteiger partial charge is 0.467 e. The van der Waals surface area contributed by atoms with Crippen molar-refractivity contribution < 1.29 is 13.9 Å². The molecule has 1 unspecified atom stereocenters. The van der Waals surface area contributed by atoms with Gasteiger partial charge < -0.3 is 10.1 Å². The molecule has 1 atom stereocenters. The van der Waals surface area contributed by atoms with Crippen LogP contribution in [0.5, 0.6) is 0 Å². The van der Waals surface area contributed by atoms with Crippen LogP contribution in [0.3, 0.4) is 0 Å². The smallest absolute Gasteiger partial charge is 0.332 e. The highest BCUT2D eigenvalue weighted by Gasteiger charge is 2.22. The average molecular weight is 352 g/mol. The maximum atomic E-state index is 13.4. The summed E-state index contributed by atoms with van der Waals surface area (Å²) in [5.41, 5.74) is 1.92. The predicted molar refractivity (Wildman–Crippen MR) is 83.7 cm³/mol. The van der Waals surface area contributed by atoms with Gasteiger partial charge in [-0.1, -0.05) is 28.1 Å². The van der Waals surface area contributed by atoms with Gasteiger partial charge in [0.25, 0.3) is 0 Å². The van der Waals surface area contributed by atoms with Gasteiger partial charge in [0, 0.05) is 10.2 Å². The van der Waals surface area contributed by atoms with Crippen molar-refractivity contribution in [3.8, 4) is 0 Å². The quantitative estimate of drug-likeness (QED) is 0.838. The van der Waals surface area contributed by atoms with E-state index in [2.05, 4.69) is 21.2 Å². The van der Waals surface area contributed by atoms with E-state index in [1.54, 1.807) is 19.1 Å². The lowest BCUT2D eigenvalue weighted by Crippen LogP contribution is -2.22. The highest BCUT2D eigenvalue weighted by Crippen LogP contribution is 2.24. The third-order valence-electron chi connectivity index (χ3n) is 3.11. The molecule has 0 aliphatic heterocycles. The summed E-state index contributed by atoms with van der Waals surface area (Å²) in [6.07, 6.45) is 0. The van der Waals surface area contributed by atoms with Crippen molar-refractivity contribution in [2.45, 2.75) is 13.0 Å². The molecule has 2 rings (SSSR count). The molecule has 1 N–H and O–H groups in total. The van der Waals surface area contributed by atoms with Gasteiger partial charge in [0.1, 0.15) is 5.82 Å². The Labute approximate surface area is 131 Å². The van der Waals surface area contributed by atoms with Gasteiger partial charge in [-0.05, 0) is 48.4 Å². The molecule has 5 heteroatoms. The molecule has 0 radical (unpaired) electrons. The van der Waals surface area contributed by atoms with Gasteiger partial charge in [-0.3, -0.25) is 0 Å². The van der Waals surface area contributed by atoms with Crippen LogP contribution < -0.4 is 5.32 Å². The molecule has 21 heavy (non-hydrogen) atoms. The summed E-state index contributed by atoms with van der Waals surface area (Å²) < 4.78 is 19.1. The molecule has 0 heterocycles. The van der Waals surface area contributed by atoms with Gasteiger partial charge in [-0.25, -0.2) is 9.18 Å². The van der Waals surface area contributed by atoms with Crippen molar-refractivity contribution in [1.82, 2.24) is 0 Å². The number of anilines is 1. The first-order valence-electron chi connectivity index (χ1n) is 6.37. The van der Waals surface area contributed by atoms with E-state index >= 15 is 0 Å². The molecule has 0 saturated heterocycles. The second-order valence-corrected chi connectivity index (χ2v) is 5.53. The number of methoxy groups -OCH3 is 1. The van der Waals surface area contributed by atoms with Gasteiger partial charge in [-0.2, -0.15) is 0 Å². The van der Waals surface area contributed by atoms with Crippen LogP contribution in [0.1, 0.15) is 17.2 Å².